The fourth-order valence-corrected chi connectivity index (χ4v) is 2.56. The molecule has 4 nitrogen and oxygen atoms in total. The monoisotopic (exact) mass is 305 g/mol. The smallest absolute Gasteiger partial charge is 0.226 e. The lowest BCUT2D eigenvalue weighted by Crippen LogP contribution is -2.36. The maximum Gasteiger partial charge on any atom is 0.226 e. The minimum Gasteiger partial charge on any atom is -0.344 e. The SMILES string of the molecule is CCOC(C#Cc1ccccc1)(CC)n1nnc2ccccc21. The highest BCUT2D eigenvalue weighted by atomic mass is 16.5. The number of hydrogen-bond acceptors (Lipinski definition) is 3. The molecule has 1 aromatic heterocycles. The molecule has 0 radical (unpaired) electrons. The first-order valence-electron chi connectivity index (χ1n) is 7.82. The van der Waals surface area contributed by atoms with Gasteiger partial charge < -0.3 is 4.74 Å². The lowest BCUT2D eigenvalue weighted by atomic mass is 10.1. The van der Waals surface area contributed by atoms with Crippen LogP contribution in [-0.2, 0) is 10.5 Å². The molecule has 3 rings (SSSR count). The molecule has 0 aliphatic rings. The minimum atomic E-state index is -0.819. The highest BCUT2D eigenvalue weighted by Gasteiger charge is 2.31. The van der Waals surface area contributed by atoms with Gasteiger partial charge in [0.2, 0.25) is 5.72 Å². The van der Waals surface area contributed by atoms with E-state index in [-0.39, 0.29) is 0 Å². The summed E-state index contributed by atoms with van der Waals surface area (Å²) in [5.41, 5.74) is 1.90. The molecule has 1 unspecified atom stereocenters. The quantitative estimate of drug-likeness (QED) is 0.692. The first kappa shape index (κ1) is 15.3. The summed E-state index contributed by atoms with van der Waals surface area (Å²) in [5.74, 6) is 6.49. The predicted octanol–water partition coefficient (Wildman–Crippen LogP) is 3.58. The van der Waals surface area contributed by atoms with Gasteiger partial charge in [0.05, 0.1) is 5.52 Å². The van der Waals surface area contributed by atoms with Crippen molar-refractivity contribution < 1.29 is 4.74 Å². The van der Waals surface area contributed by atoms with Crippen molar-refractivity contribution in [1.29, 1.82) is 0 Å². The highest BCUT2D eigenvalue weighted by Crippen LogP contribution is 2.25. The van der Waals surface area contributed by atoms with E-state index in [0.717, 1.165) is 16.6 Å². The third kappa shape index (κ3) is 2.96. The van der Waals surface area contributed by atoms with Gasteiger partial charge in [-0.15, -0.1) is 5.10 Å². The summed E-state index contributed by atoms with van der Waals surface area (Å²) in [6.07, 6.45) is 0.675. The van der Waals surface area contributed by atoms with E-state index in [4.69, 9.17) is 4.74 Å². The molecule has 116 valence electrons. The number of ether oxygens (including phenoxy) is 1. The standard InChI is InChI=1S/C19H19N3O/c1-3-19(23-4-2,15-14-16-10-6-5-7-11-16)22-18-13-9-8-12-17(18)20-21-22/h5-13H,3-4H2,1-2H3. The topological polar surface area (TPSA) is 39.9 Å². The van der Waals surface area contributed by atoms with Gasteiger partial charge in [-0.2, -0.15) is 0 Å². The zero-order valence-electron chi connectivity index (χ0n) is 13.4. The van der Waals surface area contributed by atoms with Crippen molar-refractivity contribution in [2.75, 3.05) is 6.61 Å². The third-order valence-electron chi connectivity index (χ3n) is 3.73. The molecule has 2 aromatic carbocycles. The van der Waals surface area contributed by atoms with Gasteiger partial charge in [-0.25, -0.2) is 4.68 Å². The molecular weight excluding hydrogens is 286 g/mol. The van der Waals surface area contributed by atoms with E-state index in [1.165, 1.54) is 0 Å². The van der Waals surface area contributed by atoms with E-state index < -0.39 is 5.72 Å². The molecule has 0 aliphatic heterocycles. The number of fused-ring (bicyclic) bond motifs is 1. The van der Waals surface area contributed by atoms with Crippen LogP contribution in [0.5, 0.6) is 0 Å². The highest BCUT2D eigenvalue weighted by molar-refractivity contribution is 5.74. The van der Waals surface area contributed by atoms with Crippen molar-refractivity contribution in [1.82, 2.24) is 15.0 Å². The molecule has 1 heterocycles. The van der Waals surface area contributed by atoms with Crippen LogP contribution in [0.3, 0.4) is 0 Å². The van der Waals surface area contributed by atoms with Gasteiger partial charge >= 0.3 is 0 Å². The van der Waals surface area contributed by atoms with Crippen LogP contribution in [0, 0.1) is 11.8 Å². The summed E-state index contributed by atoms with van der Waals surface area (Å²) < 4.78 is 7.83. The summed E-state index contributed by atoms with van der Waals surface area (Å²) in [5, 5.41) is 8.54. The Balaban J connectivity index is 2.12. The molecular formula is C19H19N3O. The molecule has 0 bridgehead atoms. The first-order chi connectivity index (χ1) is 11.3. The van der Waals surface area contributed by atoms with Gasteiger partial charge in [0.15, 0.2) is 0 Å². The summed E-state index contributed by atoms with van der Waals surface area (Å²) in [7, 11) is 0. The van der Waals surface area contributed by atoms with Gasteiger partial charge in [-0.3, -0.25) is 0 Å². The second-order valence-electron chi connectivity index (χ2n) is 5.18. The van der Waals surface area contributed by atoms with Crippen molar-refractivity contribution in [2.24, 2.45) is 0 Å². The molecule has 0 amide bonds. The number of nitrogens with zero attached hydrogens (tertiary/aromatic N) is 3. The van der Waals surface area contributed by atoms with Crippen molar-refractivity contribution in [2.45, 2.75) is 26.0 Å². The molecule has 3 aromatic rings. The fourth-order valence-electron chi connectivity index (χ4n) is 2.56. The minimum absolute atomic E-state index is 0.547. The molecule has 4 heteroatoms. The maximum atomic E-state index is 6.04. The van der Waals surface area contributed by atoms with E-state index >= 15 is 0 Å². The van der Waals surface area contributed by atoms with E-state index in [1.807, 2.05) is 68.4 Å². The van der Waals surface area contributed by atoms with Gasteiger partial charge in [0.25, 0.3) is 0 Å². The average Bonchev–Trinajstić information content (AvgIpc) is 3.04. The van der Waals surface area contributed by atoms with Crippen LogP contribution in [0.2, 0.25) is 0 Å². The zero-order valence-corrected chi connectivity index (χ0v) is 13.4. The number of benzene rings is 2. The van der Waals surface area contributed by atoms with Crippen LogP contribution < -0.4 is 0 Å². The summed E-state index contributed by atoms with van der Waals surface area (Å²) in [6, 6.07) is 17.7. The fraction of sp³-hybridized carbons (Fsp3) is 0.263. The van der Waals surface area contributed by atoms with E-state index in [1.54, 1.807) is 4.68 Å². The predicted molar refractivity (Wildman–Crippen MR) is 90.7 cm³/mol. The Bertz CT molecular complexity index is 845. The van der Waals surface area contributed by atoms with Crippen molar-refractivity contribution in [3.63, 3.8) is 0 Å². The zero-order chi connectivity index (χ0) is 16.1. The first-order valence-corrected chi connectivity index (χ1v) is 7.82. The average molecular weight is 305 g/mol. The van der Waals surface area contributed by atoms with Gasteiger partial charge in [0, 0.05) is 18.6 Å². The number of hydrogen-bond donors (Lipinski definition) is 0. The Morgan fingerprint density at radius 1 is 1.04 bits per heavy atom. The maximum absolute atomic E-state index is 6.04. The van der Waals surface area contributed by atoms with Crippen LogP contribution in [0.4, 0.5) is 0 Å². The lowest BCUT2D eigenvalue weighted by molar-refractivity contribution is -0.0630. The number of para-hydroxylation sites is 1. The normalized spacial score (nSPS) is 13.3. The molecule has 0 N–H and O–H groups in total. The van der Waals surface area contributed by atoms with Crippen molar-refractivity contribution in [3.05, 3.63) is 60.2 Å². The molecule has 0 saturated carbocycles. The molecule has 23 heavy (non-hydrogen) atoms. The Kier molecular flexibility index (Phi) is 4.40. The van der Waals surface area contributed by atoms with Crippen LogP contribution >= 0.6 is 0 Å². The Labute approximate surface area is 136 Å². The van der Waals surface area contributed by atoms with Crippen LogP contribution in [0.15, 0.2) is 54.6 Å². The third-order valence-corrected chi connectivity index (χ3v) is 3.73. The Morgan fingerprint density at radius 3 is 2.52 bits per heavy atom. The molecule has 1 atom stereocenters. The van der Waals surface area contributed by atoms with Crippen LogP contribution in [-0.4, -0.2) is 21.6 Å². The summed E-state index contributed by atoms with van der Waals surface area (Å²) in [6.45, 7) is 4.56. The van der Waals surface area contributed by atoms with Gasteiger partial charge in [-0.05, 0) is 37.1 Å². The number of rotatable bonds is 4. The van der Waals surface area contributed by atoms with Gasteiger partial charge in [-0.1, -0.05) is 48.4 Å². The molecule has 0 aliphatic carbocycles. The van der Waals surface area contributed by atoms with Crippen LogP contribution in [0.25, 0.3) is 11.0 Å². The van der Waals surface area contributed by atoms with Crippen LogP contribution in [0.1, 0.15) is 25.8 Å². The summed E-state index contributed by atoms with van der Waals surface area (Å²) in [4.78, 5) is 0. The number of aromatic nitrogens is 3. The summed E-state index contributed by atoms with van der Waals surface area (Å²) >= 11 is 0. The molecule has 0 saturated heterocycles. The van der Waals surface area contributed by atoms with Crippen molar-refractivity contribution in [3.8, 4) is 11.8 Å². The van der Waals surface area contributed by atoms with E-state index in [2.05, 4.69) is 22.2 Å². The van der Waals surface area contributed by atoms with Crippen molar-refractivity contribution >= 4 is 11.0 Å². The molecule has 0 spiro atoms. The largest absolute Gasteiger partial charge is 0.344 e. The second-order valence-corrected chi connectivity index (χ2v) is 5.18. The lowest BCUT2D eigenvalue weighted by Gasteiger charge is -2.27. The Morgan fingerprint density at radius 2 is 1.78 bits per heavy atom. The Hall–Kier alpha value is -2.64. The second kappa shape index (κ2) is 6.64. The van der Waals surface area contributed by atoms with E-state index in [0.29, 0.717) is 13.0 Å². The van der Waals surface area contributed by atoms with Gasteiger partial charge in [0.1, 0.15) is 5.52 Å². The molecule has 0 fully saturated rings. The van der Waals surface area contributed by atoms with E-state index in [9.17, 15) is 0 Å².